The van der Waals surface area contributed by atoms with E-state index in [2.05, 4.69) is 29.2 Å². The number of oxazole rings is 1. The average Bonchev–Trinajstić information content (AvgIpc) is 3.27. The summed E-state index contributed by atoms with van der Waals surface area (Å²) in [4.78, 5) is 16.2. The summed E-state index contributed by atoms with van der Waals surface area (Å²) >= 11 is 0. The van der Waals surface area contributed by atoms with Gasteiger partial charge in [0.05, 0.1) is 11.6 Å². The van der Waals surface area contributed by atoms with E-state index in [0.29, 0.717) is 18.7 Å². The van der Waals surface area contributed by atoms with Crippen molar-refractivity contribution in [3.05, 3.63) is 102 Å². The van der Waals surface area contributed by atoms with Crippen LogP contribution in [0.4, 0.5) is 0 Å². The summed E-state index contributed by atoms with van der Waals surface area (Å²) in [5.74, 6) is -0.703. The minimum atomic E-state index is -0.791. The minimum absolute atomic E-state index is 0.497. The number of carboxylic acid groups (broad SMARTS) is 1. The largest absolute Gasteiger partial charge is 0.481 e. The number of aliphatic carboxylic acids is 1. The standard InChI is InChI=1S/C26H23NO3/c28-26(29)24(21-10-5-2-6-11-21)13-7-12-23-18-30-25(27-23)22-16-14-20(15-17-22)19-8-3-1-4-9-19/h1-6,8-11,14-18,24H,7,12-13H2,(H,28,29). The van der Waals surface area contributed by atoms with E-state index in [9.17, 15) is 9.90 Å². The molecule has 0 fully saturated rings. The molecule has 0 amide bonds. The summed E-state index contributed by atoms with van der Waals surface area (Å²) < 4.78 is 5.66. The quantitative estimate of drug-likeness (QED) is 0.384. The zero-order valence-electron chi connectivity index (χ0n) is 16.6. The average molecular weight is 397 g/mol. The Hall–Kier alpha value is -3.66. The maximum absolute atomic E-state index is 11.6. The van der Waals surface area contributed by atoms with Gasteiger partial charge < -0.3 is 9.52 Å². The van der Waals surface area contributed by atoms with Crippen LogP contribution in [0.5, 0.6) is 0 Å². The van der Waals surface area contributed by atoms with E-state index in [0.717, 1.165) is 28.8 Å². The monoisotopic (exact) mass is 397 g/mol. The Morgan fingerprint density at radius 3 is 2.10 bits per heavy atom. The highest BCUT2D eigenvalue weighted by atomic mass is 16.4. The van der Waals surface area contributed by atoms with Crippen molar-refractivity contribution in [2.24, 2.45) is 0 Å². The lowest BCUT2D eigenvalue weighted by Gasteiger charge is -2.11. The molecule has 0 saturated carbocycles. The second kappa shape index (κ2) is 9.23. The van der Waals surface area contributed by atoms with Crippen molar-refractivity contribution < 1.29 is 14.3 Å². The summed E-state index contributed by atoms with van der Waals surface area (Å²) in [5.41, 5.74) is 4.92. The molecule has 0 saturated heterocycles. The molecule has 0 radical (unpaired) electrons. The van der Waals surface area contributed by atoms with E-state index < -0.39 is 11.9 Å². The zero-order chi connectivity index (χ0) is 20.8. The predicted octanol–water partition coefficient (Wildman–Crippen LogP) is 6.20. The lowest BCUT2D eigenvalue weighted by molar-refractivity contribution is -0.139. The molecule has 1 unspecified atom stereocenters. The number of carboxylic acids is 1. The molecular formula is C26H23NO3. The fourth-order valence-electron chi connectivity index (χ4n) is 3.60. The van der Waals surface area contributed by atoms with E-state index >= 15 is 0 Å². The molecule has 0 aliphatic heterocycles. The Bertz CT molecular complexity index is 1090. The van der Waals surface area contributed by atoms with Gasteiger partial charge in [-0.2, -0.15) is 0 Å². The van der Waals surface area contributed by atoms with Crippen LogP contribution in [0.25, 0.3) is 22.6 Å². The van der Waals surface area contributed by atoms with Crippen molar-refractivity contribution >= 4 is 5.97 Å². The normalized spacial score (nSPS) is 11.9. The second-order valence-corrected chi connectivity index (χ2v) is 7.28. The van der Waals surface area contributed by atoms with Gasteiger partial charge in [0.15, 0.2) is 0 Å². The third-order valence-corrected chi connectivity index (χ3v) is 5.22. The zero-order valence-corrected chi connectivity index (χ0v) is 16.6. The molecule has 150 valence electrons. The van der Waals surface area contributed by atoms with Crippen LogP contribution in [0.2, 0.25) is 0 Å². The summed E-state index contributed by atoms with van der Waals surface area (Å²) in [7, 11) is 0. The smallest absolute Gasteiger partial charge is 0.310 e. The van der Waals surface area contributed by atoms with Crippen LogP contribution < -0.4 is 0 Å². The van der Waals surface area contributed by atoms with Gasteiger partial charge in [0, 0.05) is 5.56 Å². The molecule has 3 aromatic carbocycles. The van der Waals surface area contributed by atoms with Gasteiger partial charge in [-0.1, -0.05) is 72.8 Å². The lowest BCUT2D eigenvalue weighted by atomic mass is 9.93. The van der Waals surface area contributed by atoms with Crippen molar-refractivity contribution in [3.63, 3.8) is 0 Å². The van der Waals surface area contributed by atoms with Crippen LogP contribution in [-0.2, 0) is 11.2 Å². The van der Waals surface area contributed by atoms with Crippen LogP contribution in [0.15, 0.2) is 95.6 Å². The summed E-state index contributed by atoms with van der Waals surface area (Å²) in [6, 6.07) is 27.7. The van der Waals surface area contributed by atoms with Gasteiger partial charge in [0.25, 0.3) is 0 Å². The molecule has 0 bridgehead atoms. The molecule has 1 N–H and O–H groups in total. The molecule has 4 heteroatoms. The first-order chi connectivity index (χ1) is 14.7. The molecule has 0 aliphatic rings. The van der Waals surface area contributed by atoms with E-state index in [1.807, 2.05) is 60.7 Å². The van der Waals surface area contributed by atoms with E-state index in [4.69, 9.17) is 4.42 Å². The molecule has 4 rings (SSSR count). The van der Waals surface area contributed by atoms with Gasteiger partial charge in [-0.3, -0.25) is 4.79 Å². The van der Waals surface area contributed by atoms with E-state index in [1.54, 1.807) is 6.26 Å². The topological polar surface area (TPSA) is 63.3 Å². The molecule has 4 aromatic rings. The van der Waals surface area contributed by atoms with Gasteiger partial charge in [-0.25, -0.2) is 4.98 Å². The highest BCUT2D eigenvalue weighted by Crippen LogP contribution is 2.26. The number of aromatic nitrogens is 1. The number of carbonyl (C=O) groups is 1. The van der Waals surface area contributed by atoms with Crippen LogP contribution in [-0.4, -0.2) is 16.1 Å². The summed E-state index contributed by atoms with van der Waals surface area (Å²) in [6.45, 7) is 0. The Morgan fingerprint density at radius 2 is 1.43 bits per heavy atom. The van der Waals surface area contributed by atoms with Crippen molar-refractivity contribution in [3.8, 4) is 22.6 Å². The number of aryl methyl sites for hydroxylation is 1. The first kappa shape index (κ1) is 19.6. The third kappa shape index (κ3) is 4.66. The van der Waals surface area contributed by atoms with E-state index in [-0.39, 0.29) is 0 Å². The van der Waals surface area contributed by atoms with Gasteiger partial charge in [-0.05, 0) is 48.1 Å². The van der Waals surface area contributed by atoms with Crippen molar-refractivity contribution in [2.45, 2.75) is 25.2 Å². The van der Waals surface area contributed by atoms with Gasteiger partial charge >= 0.3 is 5.97 Å². The van der Waals surface area contributed by atoms with Crippen LogP contribution in [0, 0.1) is 0 Å². The SMILES string of the molecule is O=C(O)C(CCCc1coc(-c2ccc(-c3ccccc3)cc2)n1)c1ccccc1. The number of rotatable bonds is 8. The Labute approximate surface area is 175 Å². The lowest BCUT2D eigenvalue weighted by Crippen LogP contribution is -2.11. The third-order valence-electron chi connectivity index (χ3n) is 5.22. The minimum Gasteiger partial charge on any atom is -0.481 e. The Morgan fingerprint density at radius 1 is 0.833 bits per heavy atom. The number of hydrogen-bond acceptors (Lipinski definition) is 3. The van der Waals surface area contributed by atoms with Crippen LogP contribution >= 0.6 is 0 Å². The molecule has 4 nitrogen and oxygen atoms in total. The number of benzene rings is 3. The molecule has 0 spiro atoms. The van der Waals surface area contributed by atoms with Crippen molar-refractivity contribution in [1.29, 1.82) is 0 Å². The second-order valence-electron chi connectivity index (χ2n) is 7.28. The van der Waals surface area contributed by atoms with E-state index in [1.165, 1.54) is 5.56 Å². The van der Waals surface area contributed by atoms with Crippen molar-refractivity contribution in [2.75, 3.05) is 0 Å². The van der Waals surface area contributed by atoms with Gasteiger partial charge in [-0.15, -0.1) is 0 Å². The fourth-order valence-corrected chi connectivity index (χ4v) is 3.60. The number of nitrogens with zero attached hydrogens (tertiary/aromatic N) is 1. The molecule has 30 heavy (non-hydrogen) atoms. The van der Waals surface area contributed by atoms with Gasteiger partial charge in [0.1, 0.15) is 6.26 Å². The number of hydrogen-bond donors (Lipinski definition) is 1. The molecular weight excluding hydrogens is 374 g/mol. The molecule has 1 heterocycles. The Kier molecular flexibility index (Phi) is 6.04. The highest BCUT2D eigenvalue weighted by molar-refractivity contribution is 5.76. The maximum Gasteiger partial charge on any atom is 0.310 e. The van der Waals surface area contributed by atoms with Crippen molar-refractivity contribution in [1.82, 2.24) is 4.98 Å². The summed E-state index contributed by atoms with van der Waals surface area (Å²) in [5, 5.41) is 9.55. The first-order valence-electron chi connectivity index (χ1n) is 10.1. The molecule has 1 atom stereocenters. The Balaban J connectivity index is 1.38. The van der Waals surface area contributed by atoms with Crippen LogP contribution in [0.1, 0.15) is 30.0 Å². The van der Waals surface area contributed by atoms with Gasteiger partial charge in [0.2, 0.25) is 5.89 Å². The summed E-state index contributed by atoms with van der Waals surface area (Å²) in [6.07, 6.45) is 3.64. The highest BCUT2D eigenvalue weighted by Gasteiger charge is 2.19. The maximum atomic E-state index is 11.6. The van der Waals surface area contributed by atoms with Crippen LogP contribution in [0.3, 0.4) is 0 Å². The first-order valence-corrected chi connectivity index (χ1v) is 10.1. The molecule has 1 aromatic heterocycles. The predicted molar refractivity (Wildman–Crippen MR) is 117 cm³/mol. The molecule has 0 aliphatic carbocycles. The fraction of sp³-hybridized carbons (Fsp3) is 0.154.